The molecule has 1 aromatic rings. The molecule has 0 heterocycles. The highest BCUT2D eigenvalue weighted by atomic mass is 32.2. The predicted molar refractivity (Wildman–Crippen MR) is 94.0 cm³/mol. The second kappa shape index (κ2) is 8.74. The molecule has 0 spiro atoms. The summed E-state index contributed by atoms with van der Waals surface area (Å²) in [6, 6.07) is 5.21. The quantitative estimate of drug-likeness (QED) is 0.748. The first kappa shape index (κ1) is 17.6. The van der Waals surface area contributed by atoms with Crippen LogP contribution < -0.4 is 5.32 Å². The lowest BCUT2D eigenvalue weighted by atomic mass is 9.95. The highest BCUT2D eigenvalue weighted by Crippen LogP contribution is 2.20. The minimum Gasteiger partial charge on any atom is -0.313 e. The van der Waals surface area contributed by atoms with Crippen LogP contribution in [-0.4, -0.2) is 23.6 Å². The maximum Gasteiger partial charge on any atom is 0.0198 e. The lowest BCUT2D eigenvalue weighted by Gasteiger charge is -2.22. The average molecular weight is 294 g/mol. The second-order valence-corrected chi connectivity index (χ2v) is 7.72. The van der Waals surface area contributed by atoms with Crippen molar-refractivity contribution in [3.05, 3.63) is 34.4 Å². The smallest absolute Gasteiger partial charge is 0.0198 e. The number of rotatable bonds is 8. The Morgan fingerprint density at radius 2 is 1.70 bits per heavy atom. The first-order valence-electron chi connectivity index (χ1n) is 7.85. The molecule has 0 aliphatic rings. The van der Waals surface area contributed by atoms with Crippen molar-refractivity contribution in [1.29, 1.82) is 0 Å². The van der Waals surface area contributed by atoms with E-state index in [1.54, 1.807) is 0 Å². The maximum absolute atomic E-state index is 3.72. The van der Waals surface area contributed by atoms with Crippen LogP contribution in [0.4, 0.5) is 0 Å². The lowest BCUT2D eigenvalue weighted by Crippen LogP contribution is -2.34. The van der Waals surface area contributed by atoms with Crippen LogP contribution in [0.1, 0.15) is 49.4 Å². The second-order valence-electron chi connectivity index (χ2n) is 6.11. The van der Waals surface area contributed by atoms with Crippen molar-refractivity contribution in [2.75, 3.05) is 12.3 Å². The van der Waals surface area contributed by atoms with E-state index in [4.69, 9.17) is 0 Å². The maximum atomic E-state index is 3.72. The Bertz CT molecular complexity index is 389. The summed E-state index contributed by atoms with van der Waals surface area (Å²) in [5.41, 5.74) is 5.80. The summed E-state index contributed by atoms with van der Waals surface area (Å²) in [5, 5.41) is 4.43. The SMILES string of the molecule is CCCNC(CSC(C)C)Cc1c(C)cc(C)cc1C. The Morgan fingerprint density at radius 1 is 1.10 bits per heavy atom. The van der Waals surface area contributed by atoms with Gasteiger partial charge in [0.25, 0.3) is 0 Å². The van der Waals surface area contributed by atoms with E-state index in [-0.39, 0.29) is 0 Å². The zero-order valence-corrected chi connectivity index (χ0v) is 14.9. The molecular formula is C18H31NS. The fourth-order valence-corrected chi connectivity index (χ4v) is 3.48. The third kappa shape index (κ3) is 5.88. The van der Waals surface area contributed by atoms with Gasteiger partial charge in [-0.2, -0.15) is 11.8 Å². The Kier molecular flexibility index (Phi) is 7.68. The fraction of sp³-hybridized carbons (Fsp3) is 0.667. The standard InChI is InChI=1S/C18H31NS/c1-7-8-19-17(12-20-13(2)3)11-18-15(5)9-14(4)10-16(18)6/h9-10,13,17,19H,7-8,11-12H2,1-6H3. The van der Waals surface area contributed by atoms with E-state index in [1.165, 1.54) is 34.4 Å². The average Bonchev–Trinajstić information content (AvgIpc) is 2.35. The van der Waals surface area contributed by atoms with Crippen molar-refractivity contribution < 1.29 is 0 Å². The Labute approximate surface area is 129 Å². The van der Waals surface area contributed by atoms with Crippen LogP contribution in [-0.2, 0) is 6.42 Å². The predicted octanol–water partition coefficient (Wildman–Crippen LogP) is 4.66. The Morgan fingerprint density at radius 3 is 2.20 bits per heavy atom. The van der Waals surface area contributed by atoms with Gasteiger partial charge in [0.2, 0.25) is 0 Å². The van der Waals surface area contributed by atoms with Crippen molar-refractivity contribution in [1.82, 2.24) is 5.32 Å². The van der Waals surface area contributed by atoms with E-state index in [0.717, 1.165) is 13.0 Å². The van der Waals surface area contributed by atoms with Crippen LogP contribution in [0, 0.1) is 20.8 Å². The van der Waals surface area contributed by atoms with E-state index < -0.39 is 0 Å². The van der Waals surface area contributed by atoms with Crippen molar-refractivity contribution >= 4 is 11.8 Å². The van der Waals surface area contributed by atoms with Gasteiger partial charge in [0, 0.05) is 11.8 Å². The molecule has 1 atom stereocenters. The molecular weight excluding hydrogens is 262 g/mol. The van der Waals surface area contributed by atoms with Gasteiger partial charge in [-0.15, -0.1) is 0 Å². The van der Waals surface area contributed by atoms with E-state index in [2.05, 4.69) is 70.8 Å². The van der Waals surface area contributed by atoms with Gasteiger partial charge in [-0.3, -0.25) is 0 Å². The minimum atomic E-state index is 0.586. The number of thioether (sulfide) groups is 1. The molecule has 0 saturated carbocycles. The normalized spacial score (nSPS) is 12.9. The van der Waals surface area contributed by atoms with Crippen molar-refractivity contribution in [3.63, 3.8) is 0 Å². The molecule has 0 radical (unpaired) electrons. The number of nitrogens with one attached hydrogen (secondary N) is 1. The molecule has 1 aromatic carbocycles. The largest absolute Gasteiger partial charge is 0.313 e. The summed E-state index contributed by atoms with van der Waals surface area (Å²) in [4.78, 5) is 0. The molecule has 114 valence electrons. The number of hydrogen-bond donors (Lipinski definition) is 1. The van der Waals surface area contributed by atoms with Gasteiger partial charge in [0.05, 0.1) is 0 Å². The minimum absolute atomic E-state index is 0.586. The zero-order valence-electron chi connectivity index (χ0n) is 14.0. The molecule has 20 heavy (non-hydrogen) atoms. The molecule has 1 rings (SSSR count). The van der Waals surface area contributed by atoms with Gasteiger partial charge in [0.15, 0.2) is 0 Å². The van der Waals surface area contributed by atoms with Gasteiger partial charge in [-0.25, -0.2) is 0 Å². The summed E-state index contributed by atoms with van der Waals surface area (Å²) >= 11 is 2.06. The molecule has 1 nitrogen and oxygen atoms in total. The Hall–Kier alpha value is -0.470. The summed E-state index contributed by atoms with van der Waals surface area (Å²) in [6.45, 7) is 14.6. The van der Waals surface area contributed by atoms with Crippen LogP contribution in [0.5, 0.6) is 0 Å². The molecule has 0 aliphatic heterocycles. The van der Waals surface area contributed by atoms with Crippen LogP contribution in [0.3, 0.4) is 0 Å². The summed E-state index contributed by atoms with van der Waals surface area (Å²) in [7, 11) is 0. The van der Waals surface area contributed by atoms with Crippen molar-refractivity contribution in [3.8, 4) is 0 Å². The fourth-order valence-electron chi connectivity index (χ4n) is 2.63. The van der Waals surface area contributed by atoms with Gasteiger partial charge in [-0.1, -0.05) is 38.5 Å². The highest BCUT2D eigenvalue weighted by Gasteiger charge is 2.13. The first-order chi connectivity index (χ1) is 9.43. The molecule has 0 fully saturated rings. The van der Waals surface area contributed by atoms with E-state index in [9.17, 15) is 0 Å². The zero-order chi connectivity index (χ0) is 15.1. The van der Waals surface area contributed by atoms with Gasteiger partial charge in [-0.05, 0) is 62.1 Å². The van der Waals surface area contributed by atoms with E-state index in [0.29, 0.717) is 11.3 Å². The van der Waals surface area contributed by atoms with E-state index in [1.807, 2.05) is 0 Å². The van der Waals surface area contributed by atoms with E-state index >= 15 is 0 Å². The number of benzene rings is 1. The van der Waals surface area contributed by atoms with Gasteiger partial charge >= 0.3 is 0 Å². The molecule has 1 N–H and O–H groups in total. The van der Waals surface area contributed by atoms with Crippen LogP contribution in [0.2, 0.25) is 0 Å². The van der Waals surface area contributed by atoms with Crippen LogP contribution in [0.25, 0.3) is 0 Å². The molecule has 0 saturated heterocycles. The first-order valence-corrected chi connectivity index (χ1v) is 8.90. The Balaban J connectivity index is 2.77. The topological polar surface area (TPSA) is 12.0 Å². The number of hydrogen-bond acceptors (Lipinski definition) is 2. The third-order valence-corrected chi connectivity index (χ3v) is 4.87. The summed E-state index contributed by atoms with van der Waals surface area (Å²) in [5.74, 6) is 1.20. The van der Waals surface area contributed by atoms with Crippen molar-refractivity contribution in [2.24, 2.45) is 0 Å². The molecule has 2 heteroatoms. The molecule has 0 amide bonds. The monoisotopic (exact) mass is 293 g/mol. The molecule has 1 unspecified atom stereocenters. The summed E-state index contributed by atoms with van der Waals surface area (Å²) < 4.78 is 0. The highest BCUT2D eigenvalue weighted by molar-refractivity contribution is 7.99. The van der Waals surface area contributed by atoms with Crippen LogP contribution >= 0.6 is 11.8 Å². The summed E-state index contributed by atoms with van der Waals surface area (Å²) in [6.07, 6.45) is 2.35. The third-order valence-electron chi connectivity index (χ3n) is 3.60. The van der Waals surface area contributed by atoms with Gasteiger partial charge in [0.1, 0.15) is 0 Å². The molecule has 0 aliphatic carbocycles. The lowest BCUT2D eigenvalue weighted by molar-refractivity contribution is 0.548. The van der Waals surface area contributed by atoms with Crippen LogP contribution in [0.15, 0.2) is 12.1 Å². The number of aryl methyl sites for hydroxylation is 3. The molecule has 0 bridgehead atoms. The van der Waals surface area contributed by atoms with Crippen molar-refractivity contribution in [2.45, 2.75) is 65.7 Å². The van der Waals surface area contributed by atoms with Gasteiger partial charge < -0.3 is 5.32 Å². The molecule has 0 aromatic heterocycles.